The van der Waals surface area contributed by atoms with Crippen molar-refractivity contribution in [3.05, 3.63) is 27.4 Å². The maximum Gasteiger partial charge on any atom is 0.252 e. The highest BCUT2D eigenvalue weighted by Crippen LogP contribution is 2.31. The first-order valence-corrected chi connectivity index (χ1v) is 4.90. The van der Waals surface area contributed by atoms with Crippen molar-refractivity contribution < 1.29 is 0 Å². The highest BCUT2D eigenvalue weighted by Gasteiger charge is 2.19. The molecule has 0 aromatic carbocycles. The predicted molar refractivity (Wildman–Crippen MR) is 51.1 cm³/mol. The number of aromatic amines is 1. The van der Waals surface area contributed by atoms with E-state index in [0.29, 0.717) is 11.1 Å². The summed E-state index contributed by atoms with van der Waals surface area (Å²) in [5.74, 6) is 1.17. The molecule has 0 aliphatic heterocycles. The van der Waals surface area contributed by atoms with Gasteiger partial charge in [0.15, 0.2) is 0 Å². The number of halogens is 1. The molecule has 0 amide bonds. The molecule has 70 valence electrons. The molecule has 0 atom stereocenters. The summed E-state index contributed by atoms with van der Waals surface area (Å²) in [6.07, 6.45) is 4.67. The Morgan fingerprint density at radius 1 is 1.46 bits per heavy atom. The lowest BCUT2D eigenvalue weighted by Crippen LogP contribution is -2.12. The summed E-state index contributed by atoms with van der Waals surface area (Å²) < 4.78 is 0. The van der Waals surface area contributed by atoms with Crippen LogP contribution >= 0.6 is 11.6 Å². The predicted octanol–water partition coefficient (Wildman–Crippen LogP) is 2.08. The topological polar surface area (TPSA) is 45.8 Å². The second kappa shape index (κ2) is 3.50. The van der Waals surface area contributed by atoms with E-state index in [2.05, 4.69) is 9.97 Å². The number of nitrogens with zero attached hydrogens (tertiary/aromatic N) is 1. The van der Waals surface area contributed by atoms with Crippen LogP contribution in [0.3, 0.4) is 0 Å². The van der Waals surface area contributed by atoms with Crippen molar-refractivity contribution in [2.24, 2.45) is 0 Å². The number of hydrogen-bond donors (Lipinski definition) is 1. The molecular weight excluding hydrogens is 188 g/mol. The van der Waals surface area contributed by atoms with E-state index in [1.165, 1.54) is 18.9 Å². The van der Waals surface area contributed by atoms with Crippen LogP contribution in [0.1, 0.15) is 37.4 Å². The molecule has 2 rings (SSSR count). The number of H-pyrrole nitrogens is 1. The average molecular weight is 199 g/mol. The Bertz CT molecular complexity index is 355. The molecule has 1 aromatic heterocycles. The molecule has 0 saturated heterocycles. The fraction of sp³-hybridized carbons (Fsp3) is 0.556. The molecular formula is C9H11ClN2O. The molecule has 1 N–H and O–H groups in total. The first-order chi connectivity index (χ1) is 6.25. The first kappa shape index (κ1) is 8.75. The Morgan fingerprint density at radius 3 is 2.77 bits per heavy atom. The highest BCUT2D eigenvalue weighted by molar-refractivity contribution is 6.29. The molecule has 1 saturated carbocycles. The zero-order valence-electron chi connectivity index (χ0n) is 7.22. The number of nitrogens with one attached hydrogen (secondary N) is 1. The molecule has 3 nitrogen and oxygen atoms in total. The SMILES string of the molecule is O=c1cc(Cl)nc(C2CCCC2)[nH]1. The van der Waals surface area contributed by atoms with Gasteiger partial charge in [-0.3, -0.25) is 4.79 Å². The summed E-state index contributed by atoms with van der Waals surface area (Å²) >= 11 is 5.70. The smallest absolute Gasteiger partial charge is 0.252 e. The molecule has 0 spiro atoms. The van der Waals surface area contributed by atoms with Crippen molar-refractivity contribution in [3.8, 4) is 0 Å². The van der Waals surface area contributed by atoms with Crippen LogP contribution in [0.2, 0.25) is 5.15 Å². The quantitative estimate of drug-likeness (QED) is 0.703. The van der Waals surface area contributed by atoms with Crippen molar-refractivity contribution in [2.45, 2.75) is 31.6 Å². The maximum atomic E-state index is 11.1. The molecule has 1 aromatic rings. The summed E-state index contributed by atoms with van der Waals surface area (Å²) in [5, 5.41) is 0.297. The van der Waals surface area contributed by atoms with Crippen LogP contribution in [0.5, 0.6) is 0 Å². The van der Waals surface area contributed by atoms with Crippen molar-refractivity contribution >= 4 is 11.6 Å². The largest absolute Gasteiger partial charge is 0.310 e. The standard InChI is InChI=1S/C9H11ClN2O/c10-7-5-8(13)12-9(11-7)6-3-1-2-4-6/h5-6H,1-4H2,(H,11,12,13). The summed E-state index contributed by atoms with van der Waals surface area (Å²) in [4.78, 5) is 18.0. The fourth-order valence-electron chi connectivity index (χ4n) is 1.84. The van der Waals surface area contributed by atoms with Gasteiger partial charge < -0.3 is 4.98 Å². The Labute approximate surface area is 81.2 Å². The summed E-state index contributed by atoms with van der Waals surface area (Å²) in [6, 6.07) is 1.31. The van der Waals surface area contributed by atoms with Gasteiger partial charge in [0, 0.05) is 12.0 Å². The van der Waals surface area contributed by atoms with Crippen molar-refractivity contribution in [1.82, 2.24) is 9.97 Å². The third kappa shape index (κ3) is 1.91. The van der Waals surface area contributed by atoms with E-state index in [1.54, 1.807) is 0 Å². The van der Waals surface area contributed by atoms with Crippen LogP contribution in [0, 0.1) is 0 Å². The lowest BCUT2D eigenvalue weighted by atomic mass is 10.1. The normalized spacial score (nSPS) is 17.9. The Balaban J connectivity index is 2.33. The van der Waals surface area contributed by atoms with Crippen LogP contribution in [-0.2, 0) is 0 Å². The minimum absolute atomic E-state index is 0.151. The molecule has 0 unspecified atom stereocenters. The van der Waals surface area contributed by atoms with Crippen LogP contribution < -0.4 is 5.56 Å². The maximum absolute atomic E-state index is 11.1. The fourth-order valence-corrected chi connectivity index (χ4v) is 2.03. The van der Waals surface area contributed by atoms with Gasteiger partial charge in [-0.05, 0) is 12.8 Å². The van der Waals surface area contributed by atoms with Crippen molar-refractivity contribution in [2.75, 3.05) is 0 Å². The molecule has 0 bridgehead atoms. The summed E-state index contributed by atoms with van der Waals surface area (Å²) in [7, 11) is 0. The van der Waals surface area contributed by atoms with Gasteiger partial charge in [0.05, 0.1) is 0 Å². The van der Waals surface area contributed by atoms with Crippen molar-refractivity contribution in [1.29, 1.82) is 0 Å². The monoisotopic (exact) mass is 198 g/mol. The first-order valence-electron chi connectivity index (χ1n) is 4.52. The van der Waals surface area contributed by atoms with Gasteiger partial charge in [0.2, 0.25) is 0 Å². The van der Waals surface area contributed by atoms with Gasteiger partial charge in [0.25, 0.3) is 5.56 Å². The van der Waals surface area contributed by atoms with Gasteiger partial charge in [0.1, 0.15) is 11.0 Å². The van der Waals surface area contributed by atoms with E-state index < -0.39 is 0 Å². The molecule has 1 fully saturated rings. The van der Waals surface area contributed by atoms with E-state index in [-0.39, 0.29) is 5.56 Å². The molecule has 4 heteroatoms. The van der Waals surface area contributed by atoms with E-state index >= 15 is 0 Å². The average Bonchev–Trinajstić information content (AvgIpc) is 2.53. The van der Waals surface area contributed by atoms with Gasteiger partial charge in [-0.1, -0.05) is 24.4 Å². The number of rotatable bonds is 1. The second-order valence-electron chi connectivity index (χ2n) is 3.43. The van der Waals surface area contributed by atoms with E-state index in [9.17, 15) is 4.79 Å². The summed E-state index contributed by atoms with van der Waals surface area (Å²) in [5.41, 5.74) is -0.151. The third-order valence-electron chi connectivity index (χ3n) is 2.47. The van der Waals surface area contributed by atoms with E-state index in [0.717, 1.165) is 18.7 Å². The Kier molecular flexibility index (Phi) is 2.36. The number of aromatic nitrogens is 2. The van der Waals surface area contributed by atoms with Crippen LogP contribution in [0.4, 0.5) is 0 Å². The molecule has 1 aliphatic rings. The molecule has 13 heavy (non-hydrogen) atoms. The van der Waals surface area contributed by atoms with Crippen LogP contribution in [0.25, 0.3) is 0 Å². The lowest BCUT2D eigenvalue weighted by molar-refractivity contribution is 0.664. The van der Waals surface area contributed by atoms with Crippen molar-refractivity contribution in [3.63, 3.8) is 0 Å². The van der Waals surface area contributed by atoms with Gasteiger partial charge in [-0.2, -0.15) is 0 Å². The summed E-state index contributed by atoms with van der Waals surface area (Å²) in [6.45, 7) is 0. The Hall–Kier alpha value is -0.830. The minimum Gasteiger partial charge on any atom is -0.310 e. The second-order valence-corrected chi connectivity index (χ2v) is 3.82. The van der Waals surface area contributed by atoms with Gasteiger partial charge >= 0.3 is 0 Å². The highest BCUT2D eigenvalue weighted by atomic mass is 35.5. The Morgan fingerprint density at radius 2 is 2.15 bits per heavy atom. The van der Waals surface area contributed by atoms with E-state index in [1.807, 2.05) is 0 Å². The van der Waals surface area contributed by atoms with E-state index in [4.69, 9.17) is 11.6 Å². The van der Waals surface area contributed by atoms with Gasteiger partial charge in [-0.15, -0.1) is 0 Å². The third-order valence-corrected chi connectivity index (χ3v) is 2.66. The number of hydrogen-bond acceptors (Lipinski definition) is 2. The van der Waals surface area contributed by atoms with Crippen LogP contribution in [0.15, 0.2) is 10.9 Å². The van der Waals surface area contributed by atoms with Gasteiger partial charge in [-0.25, -0.2) is 4.98 Å². The zero-order chi connectivity index (χ0) is 9.26. The molecule has 0 radical (unpaired) electrons. The minimum atomic E-state index is -0.151. The zero-order valence-corrected chi connectivity index (χ0v) is 7.97. The molecule has 1 aliphatic carbocycles. The molecule has 1 heterocycles. The van der Waals surface area contributed by atoms with Crippen LogP contribution in [-0.4, -0.2) is 9.97 Å². The lowest BCUT2D eigenvalue weighted by Gasteiger charge is -2.06.